The second-order valence-corrected chi connectivity index (χ2v) is 5.64. The fourth-order valence-electron chi connectivity index (χ4n) is 1.89. The minimum absolute atomic E-state index is 0.0490. The third kappa shape index (κ3) is 2.35. The van der Waals surface area contributed by atoms with Crippen molar-refractivity contribution in [3.8, 4) is 0 Å². The zero-order valence-electron chi connectivity index (χ0n) is 9.62. The highest BCUT2D eigenvalue weighted by atomic mass is 32.1. The summed E-state index contributed by atoms with van der Waals surface area (Å²) in [6.07, 6.45) is 2.77. The number of thiazole rings is 1. The second kappa shape index (κ2) is 4.41. The molecule has 1 atom stereocenters. The Bertz CT molecular complexity index is 400. The highest BCUT2D eigenvalue weighted by Crippen LogP contribution is 2.28. The van der Waals surface area contributed by atoms with E-state index in [4.69, 9.17) is 5.73 Å². The molecule has 0 saturated heterocycles. The average molecular weight is 239 g/mol. The molecule has 88 valence electrons. The van der Waals surface area contributed by atoms with Gasteiger partial charge in [-0.3, -0.25) is 4.79 Å². The van der Waals surface area contributed by atoms with Crippen LogP contribution in [0.2, 0.25) is 0 Å². The molecule has 0 aliphatic heterocycles. The lowest BCUT2D eigenvalue weighted by Gasteiger charge is -2.23. The third-order valence-electron chi connectivity index (χ3n) is 2.83. The lowest BCUT2D eigenvalue weighted by Crippen LogP contribution is -2.40. The van der Waals surface area contributed by atoms with Gasteiger partial charge in [0.15, 0.2) is 5.13 Å². The molecule has 0 aromatic carbocycles. The number of aromatic nitrogens is 1. The van der Waals surface area contributed by atoms with Crippen LogP contribution < -0.4 is 11.1 Å². The normalized spacial score (nSPS) is 19.6. The number of carbonyl (C=O) groups is 1. The summed E-state index contributed by atoms with van der Waals surface area (Å²) in [7, 11) is 0. The lowest BCUT2D eigenvalue weighted by atomic mass is 9.97. The molecule has 3 N–H and O–H groups in total. The van der Waals surface area contributed by atoms with Crippen LogP contribution in [0.5, 0.6) is 0 Å². The first kappa shape index (κ1) is 11.4. The first-order valence-corrected chi connectivity index (χ1v) is 6.42. The van der Waals surface area contributed by atoms with E-state index in [0.717, 1.165) is 25.0 Å². The molecule has 4 nitrogen and oxygen atoms in total. The molecule has 5 heteroatoms. The van der Waals surface area contributed by atoms with Crippen molar-refractivity contribution < 1.29 is 4.79 Å². The van der Waals surface area contributed by atoms with Gasteiger partial charge in [-0.05, 0) is 12.8 Å². The summed E-state index contributed by atoms with van der Waals surface area (Å²) in [5.41, 5.74) is 6.80. The maximum atomic E-state index is 11.6. The topological polar surface area (TPSA) is 68.0 Å². The monoisotopic (exact) mass is 239 g/mol. The Labute approximate surface area is 99.3 Å². The predicted molar refractivity (Wildman–Crippen MR) is 65.3 cm³/mol. The third-order valence-corrected chi connectivity index (χ3v) is 3.78. The van der Waals surface area contributed by atoms with Crippen molar-refractivity contribution in [3.63, 3.8) is 0 Å². The summed E-state index contributed by atoms with van der Waals surface area (Å²) in [6, 6.07) is 0.252. The number of carbonyl (C=O) groups excluding carboxylic acids is 1. The van der Waals surface area contributed by atoms with Gasteiger partial charge in [0, 0.05) is 23.3 Å². The molecule has 0 saturated carbocycles. The van der Waals surface area contributed by atoms with Gasteiger partial charge in [0.2, 0.25) is 5.91 Å². The number of rotatable bonds is 2. The SMILES string of the molecule is CC(C)C(=O)NC1CCc2nc(N)sc2C1. The highest BCUT2D eigenvalue weighted by molar-refractivity contribution is 7.15. The molecule has 0 bridgehead atoms. The molecule has 1 unspecified atom stereocenters. The van der Waals surface area contributed by atoms with Gasteiger partial charge in [-0.15, -0.1) is 11.3 Å². The van der Waals surface area contributed by atoms with Crippen molar-refractivity contribution in [2.45, 2.75) is 39.2 Å². The predicted octanol–water partition coefficient (Wildman–Crippen LogP) is 1.35. The van der Waals surface area contributed by atoms with E-state index in [1.807, 2.05) is 13.8 Å². The van der Waals surface area contributed by atoms with Crippen molar-refractivity contribution in [2.24, 2.45) is 5.92 Å². The Morgan fingerprint density at radius 3 is 3.06 bits per heavy atom. The Balaban J connectivity index is 2.00. The lowest BCUT2D eigenvalue weighted by molar-refractivity contribution is -0.124. The van der Waals surface area contributed by atoms with Crippen LogP contribution in [0.25, 0.3) is 0 Å². The molecule has 1 heterocycles. The van der Waals surface area contributed by atoms with Gasteiger partial charge in [0.1, 0.15) is 0 Å². The number of hydrogen-bond donors (Lipinski definition) is 2. The Morgan fingerprint density at radius 1 is 1.62 bits per heavy atom. The van der Waals surface area contributed by atoms with Crippen LogP contribution in [0, 0.1) is 5.92 Å². The van der Waals surface area contributed by atoms with E-state index in [2.05, 4.69) is 10.3 Å². The molecule has 2 rings (SSSR count). The first-order valence-electron chi connectivity index (χ1n) is 5.60. The van der Waals surface area contributed by atoms with E-state index in [9.17, 15) is 4.79 Å². The second-order valence-electron chi connectivity index (χ2n) is 4.52. The van der Waals surface area contributed by atoms with Crippen LogP contribution in [0.15, 0.2) is 0 Å². The number of nitrogens with two attached hydrogens (primary N) is 1. The average Bonchev–Trinajstić information content (AvgIpc) is 2.57. The molecule has 1 aliphatic rings. The molecule has 16 heavy (non-hydrogen) atoms. The highest BCUT2D eigenvalue weighted by Gasteiger charge is 2.23. The number of nitrogens with one attached hydrogen (secondary N) is 1. The van der Waals surface area contributed by atoms with Crippen molar-refractivity contribution in [1.29, 1.82) is 0 Å². The van der Waals surface area contributed by atoms with Gasteiger partial charge in [-0.2, -0.15) is 0 Å². The van der Waals surface area contributed by atoms with Crippen LogP contribution in [-0.4, -0.2) is 16.9 Å². The van der Waals surface area contributed by atoms with Gasteiger partial charge in [0.25, 0.3) is 0 Å². The molecule has 1 aliphatic carbocycles. The van der Waals surface area contributed by atoms with Crippen LogP contribution in [0.4, 0.5) is 5.13 Å². The number of nitrogens with zero attached hydrogens (tertiary/aromatic N) is 1. The van der Waals surface area contributed by atoms with E-state index in [-0.39, 0.29) is 17.9 Å². The molecular formula is C11H17N3OS. The largest absolute Gasteiger partial charge is 0.375 e. The quantitative estimate of drug-likeness (QED) is 0.818. The first-order chi connectivity index (χ1) is 7.56. The zero-order valence-corrected chi connectivity index (χ0v) is 10.4. The van der Waals surface area contributed by atoms with Crippen molar-refractivity contribution >= 4 is 22.4 Å². The van der Waals surface area contributed by atoms with E-state index >= 15 is 0 Å². The summed E-state index contributed by atoms with van der Waals surface area (Å²) >= 11 is 1.54. The molecule has 0 spiro atoms. The summed E-state index contributed by atoms with van der Waals surface area (Å²) < 4.78 is 0. The summed E-state index contributed by atoms with van der Waals surface area (Å²) in [5.74, 6) is 0.180. The van der Waals surface area contributed by atoms with Gasteiger partial charge in [-0.1, -0.05) is 13.8 Å². The maximum absolute atomic E-state index is 11.6. The van der Waals surface area contributed by atoms with Gasteiger partial charge >= 0.3 is 0 Å². The molecule has 0 radical (unpaired) electrons. The van der Waals surface area contributed by atoms with Crippen LogP contribution in [0.1, 0.15) is 30.8 Å². The maximum Gasteiger partial charge on any atom is 0.222 e. The summed E-state index contributed by atoms with van der Waals surface area (Å²) in [5, 5.41) is 3.71. The zero-order chi connectivity index (χ0) is 11.7. The van der Waals surface area contributed by atoms with Crippen molar-refractivity contribution in [2.75, 3.05) is 5.73 Å². The molecule has 1 aromatic heterocycles. The summed E-state index contributed by atoms with van der Waals surface area (Å²) in [6.45, 7) is 3.82. The molecule has 0 fully saturated rings. The Kier molecular flexibility index (Phi) is 3.14. The van der Waals surface area contributed by atoms with Gasteiger partial charge in [0.05, 0.1) is 5.69 Å². The van der Waals surface area contributed by atoms with Crippen molar-refractivity contribution in [1.82, 2.24) is 10.3 Å². The number of amides is 1. The number of hydrogen-bond acceptors (Lipinski definition) is 4. The van der Waals surface area contributed by atoms with E-state index in [1.54, 1.807) is 11.3 Å². The Hall–Kier alpha value is -1.10. The van der Waals surface area contributed by atoms with Crippen LogP contribution in [-0.2, 0) is 17.6 Å². The molecule has 1 aromatic rings. The van der Waals surface area contributed by atoms with E-state index in [0.29, 0.717) is 5.13 Å². The van der Waals surface area contributed by atoms with E-state index in [1.165, 1.54) is 4.88 Å². The standard InChI is InChI=1S/C11H17N3OS/c1-6(2)10(15)13-7-3-4-8-9(5-7)16-11(12)14-8/h6-7H,3-5H2,1-2H3,(H2,12,14)(H,13,15). The van der Waals surface area contributed by atoms with Crippen LogP contribution in [0.3, 0.4) is 0 Å². The number of anilines is 1. The van der Waals surface area contributed by atoms with Crippen molar-refractivity contribution in [3.05, 3.63) is 10.6 Å². The number of nitrogen functional groups attached to an aromatic ring is 1. The fourth-order valence-corrected chi connectivity index (χ4v) is 2.84. The minimum atomic E-state index is 0.0490. The number of aryl methyl sites for hydroxylation is 1. The van der Waals surface area contributed by atoms with E-state index < -0.39 is 0 Å². The summed E-state index contributed by atoms with van der Waals surface area (Å²) in [4.78, 5) is 17.1. The van der Waals surface area contributed by atoms with Crippen LogP contribution >= 0.6 is 11.3 Å². The van der Waals surface area contributed by atoms with Gasteiger partial charge < -0.3 is 11.1 Å². The smallest absolute Gasteiger partial charge is 0.222 e. The number of fused-ring (bicyclic) bond motifs is 1. The van der Waals surface area contributed by atoms with Gasteiger partial charge in [-0.25, -0.2) is 4.98 Å². The Morgan fingerprint density at radius 2 is 2.38 bits per heavy atom. The molecule has 1 amide bonds. The molecular weight excluding hydrogens is 222 g/mol. The minimum Gasteiger partial charge on any atom is -0.375 e. The fraction of sp³-hybridized carbons (Fsp3) is 0.636.